The Morgan fingerprint density at radius 1 is 1.37 bits per heavy atom. The zero-order valence-electron chi connectivity index (χ0n) is 11.6. The number of nitrogens with one attached hydrogen (secondary N) is 1. The molecule has 3 amide bonds. The third-order valence-electron chi connectivity index (χ3n) is 3.43. The van der Waals surface area contributed by atoms with E-state index in [-0.39, 0.29) is 12.5 Å². The second-order valence-corrected chi connectivity index (χ2v) is 5.37. The molecular weight excluding hydrogens is 244 g/mol. The number of aryl methyl sites for hydroxylation is 1. The van der Waals surface area contributed by atoms with Gasteiger partial charge in [-0.05, 0) is 38.8 Å². The van der Waals surface area contributed by atoms with E-state index in [0.29, 0.717) is 11.4 Å². The average molecular weight is 262 g/mol. The summed E-state index contributed by atoms with van der Waals surface area (Å²) in [5.41, 5.74) is 8.07. The van der Waals surface area contributed by atoms with Crippen molar-refractivity contribution in [3.63, 3.8) is 0 Å². The zero-order valence-corrected chi connectivity index (χ0v) is 11.6. The largest absolute Gasteiger partial charge is 0.398 e. The number of hydrogen-bond donors (Lipinski definition) is 2. The van der Waals surface area contributed by atoms with Crippen LogP contribution in [0, 0.1) is 13.8 Å². The number of aromatic nitrogens is 1. The first kappa shape index (κ1) is 13.3. The van der Waals surface area contributed by atoms with Gasteiger partial charge in [0.05, 0.1) is 12.2 Å². The number of carbonyl (C=O) groups excluding carboxylic acids is 2. The molecule has 0 aliphatic carbocycles. The molecule has 1 aromatic heterocycles. The molecule has 0 unspecified atom stereocenters. The van der Waals surface area contributed by atoms with Gasteiger partial charge in [0.25, 0.3) is 5.91 Å². The lowest BCUT2D eigenvalue weighted by molar-refractivity contribution is -0.130. The zero-order chi connectivity index (χ0) is 14.4. The van der Waals surface area contributed by atoms with Crippen molar-refractivity contribution >= 4 is 17.6 Å². The van der Waals surface area contributed by atoms with Crippen molar-refractivity contribution in [2.45, 2.75) is 39.8 Å². The van der Waals surface area contributed by atoms with E-state index in [2.05, 4.69) is 10.3 Å². The van der Waals surface area contributed by atoms with Gasteiger partial charge in [-0.2, -0.15) is 0 Å². The number of hydrogen-bond acceptors (Lipinski definition) is 4. The highest BCUT2D eigenvalue weighted by Gasteiger charge is 2.44. The number of nitrogen functional groups attached to an aromatic ring is 1. The lowest BCUT2D eigenvalue weighted by Crippen LogP contribution is -2.40. The molecule has 0 bridgehead atoms. The highest BCUT2D eigenvalue weighted by Crippen LogP contribution is 2.23. The predicted molar refractivity (Wildman–Crippen MR) is 71.3 cm³/mol. The Labute approximate surface area is 112 Å². The van der Waals surface area contributed by atoms with Crippen LogP contribution in [0.2, 0.25) is 0 Å². The van der Waals surface area contributed by atoms with Crippen LogP contribution in [0.15, 0.2) is 6.20 Å². The van der Waals surface area contributed by atoms with Crippen molar-refractivity contribution in [1.29, 1.82) is 0 Å². The number of anilines is 1. The summed E-state index contributed by atoms with van der Waals surface area (Å²) in [6.45, 7) is 7.21. The smallest absolute Gasteiger partial charge is 0.325 e. The van der Waals surface area contributed by atoms with Gasteiger partial charge < -0.3 is 11.1 Å². The van der Waals surface area contributed by atoms with Crippen LogP contribution >= 0.6 is 0 Å². The third-order valence-corrected chi connectivity index (χ3v) is 3.43. The van der Waals surface area contributed by atoms with Crippen LogP contribution in [-0.2, 0) is 11.3 Å². The van der Waals surface area contributed by atoms with E-state index in [1.54, 1.807) is 20.0 Å². The fraction of sp³-hybridized carbons (Fsp3) is 0.462. The lowest BCUT2D eigenvalue weighted by atomic mass is 10.1. The molecule has 0 atom stereocenters. The van der Waals surface area contributed by atoms with Gasteiger partial charge in [-0.15, -0.1) is 0 Å². The molecule has 1 aliphatic rings. The first-order valence-corrected chi connectivity index (χ1v) is 6.08. The van der Waals surface area contributed by atoms with Crippen molar-refractivity contribution < 1.29 is 9.59 Å². The fourth-order valence-corrected chi connectivity index (χ4v) is 2.06. The van der Waals surface area contributed by atoms with Crippen LogP contribution in [-0.4, -0.2) is 27.4 Å². The van der Waals surface area contributed by atoms with E-state index in [9.17, 15) is 9.59 Å². The van der Waals surface area contributed by atoms with E-state index in [1.165, 1.54) is 4.90 Å². The molecular formula is C13H18N4O2. The van der Waals surface area contributed by atoms with Gasteiger partial charge in [0.15, 0.2) is 0 Å². The molecule has 2 heterocycles. The molecule has 6 nitrogen and oxygen atoms in total. The Kier molecular flexibility index (Phi) is 2.96. The topological polar surface area (TPSA) is 88.3 Å². The monoisotopic (exact) mass is 262 g/mol. The Balaban J connectivity index is 2.30. The SMILES string of the molecule is Cc1cnc(CN2C(=O)NC(C)(C)C2=O)c(C)c1N. The van der Waals surface area contributed by atoms with Gasteiger partial charge >= 0.3 is 6.03 Å². The molecule has 0 aromatic carbocycles. The maximum Gasteiger partial charge on any atom is 0.325 e. The Morgan fingerprint density at radius 3 is 2.53 bits per heavy atom. The van der Waals surface area contributed by atoms with Crippen molar-refractivity contribution in [3.8, 4) is 0 Å². The minimum absolute atomic E-state index is 0.143. The molecule has 19 heavy (non-hydrogen) atoms. The molecule has 0 saturated carbocycles. The molecule has 1 aliphatic heterocycles. The number of carbonyl (C=O) groups is 2. The van der Waals surface area contributed by atoms with Gasteiger partial charge in [0.1, 0.15) is 5.54 Å². The maximum absolute atomic E-state index is 12.1. The summed E-state index contributed by atoms with van der Waals surface area (Å²) in [5, 5.41) is 2.64. The van der Waals surface area contributed by atoms with Gasteiger partial charge in [-0.3, -0.25) is 14.7 Å². The lowest BCUT2D eigenvalue weighted by Gasteiger charge is -2.17. The van der Waals surface area contributed by atoms with Gasteiger partial charge in [-0.25, -0.2) is 4.79 Å². The number of pyridine rings is 1. The van der Waals surface area contributed by atoms with Crippen LogP contribution in [0.5, 0.6) is 0 Å². The molecule has 6 heteroatoms. The Bertz CT molecular complexity index is 566. The molecule has 1 saturated heterocycles. The molecule has 0 spiro atoms. The average Bonchev–Trinajstić information content (AvgIpc) is 2.51. The van der Waals surface area contributed by atoms with Gasteiger partial charge in [-0.1, -0.05) is 0 Å². The van der Waals surface area contributed by atoms with E-state index < -0.39 is 11.6 Å². The van der Waals surface area contributed by atoms with Crippen LogP contribution in [0.1, 0.15) is 30.7 Å². The minimum atomic E-state index is -0.860. The number of nitrogens with two attached hydrogens (primary N) is 1. The van der Waals surface area contributed by atoms with E-state index in [0.717, 1.165) is 11.1 Å². The molecule has 0 radical (unpaired) electrons. The fourth-order valence-electron chi connectivity index (χ4n) is 2.06. The first-order valence-electron chi connectivity index (χ1n) is 6.08. The standard InChI is InChI=1S/C13H18N4O2/c1-7-5-15-9(8(2)10(7)14)6-17-11(18)13(3,4)16-12(17)19/h5H,6H2,1-4H3,(H2,14,15)(H,16,19). The van der Waals surface area contributed by atoms with Crippen molar-refractivity contribution in [3.05, 3.63) is 23.0 Å². The molecule has 1 aromatic rings. The quantitative estimate of drug-likeness (QED) is 0.781. The van der Waals surface area contributed by atoms with E-state index >= 15 is 0 Å². The number of amides is 3. The summed E-state index contributed by atoms with van der Waals surface area (Å²) in [6.07, 6.45) is 1.65. The number of urea groups is 1. The second-order valence-electron chi connectivity index (χ2n) is 5.37. The van der Waals surface area contributed by atoms with Crippen LogP contribution < -0.4 is 11.1 Å². The van der Waals surface area contributed by atoms with Crippen LogP contribution in [0.25, 0.3) is 0 Å². The van der Waals surface area contributed by atoms with Gasteiger partial charge in [0.2, 0.25) is 0 Å². The molecule has 1 fully saturated rings. The van der Waals surface area contributed by atoms with Crippen molar-refractivity contribution in [2.24, 2.45) is 0 Å². The van der Waals surface area contributed by atoms with Crippen LogP contribution in [0.3, 0.4) is 0 Å². The third kappa shape index (κ3) is 2.14. The summed E-state index contributed by atoms with van der Waals surface area (Å²) < 4.78 is 0. The Hall–Kier alpha value is -2.11. The Morgan fingerprint density at radius 2 is 2.00 bits per heavy atom. The first-order chi connectivity index (χ1) is 8.74. The normalized spacial score (nSPS) is 17.8. The van der Waals surface area contributed by atoms with E-state index in [1.807, 2.05) is 13.8 Å². The summed E-state index contributed by atoms with van der Waals surface area (Å²) in [5.74, 6) is -0.252. The molecule has 3 N–H and O–H groups in total. The van der Waals surface area contributed by atoms with Crippen molar-refractivity contribution in [2.75, 3.05) is 5.73 Å². The second kappa shape index (κ2) is 4.22. The highest BCUT2D eigenvalue weighted by atomic mass is 16.2. The number of rotatable bonds is 2. The van der Waals surface area contributed by atoms with E-state index in [4.69, 9.17) is 5.73 Å². The molecule has 2 rings (SSSR count). The highest BCUT2D eigenvalue weighted by molar-refractivity contribution is 6.06. The minimum Gasteiger partial charge on any atom is -0.398 e. The predicted octanol–water partition coefficient (Wildman–Crippen LogP) is 1.11. The number of nitrogens with zero attached hydrogens (tertiary/aromatic N) is 2. The summed E-state index contributed by atoms with van der Waals surface area (Å²) in [6, 6.07) is -0.393. The summed E-state index contributed by atoms with van der Waals surface area (Å²) >= 11 is 0. The summed E-state index contributed by atoms with van der Waals surface area (Å²) in [7, 11) is 0. The molecule has 102 valence electrons. The van der Waals surface area contributed by atoms with Crippen molar-refractivity contribution in [1.82, 2.24) is 15.2 Å². The van der Waals surface area contributed by atoms with Crippen LogP contribution in [0.4, 0.5) is 10.5 Å². The van der Waals surface area contributed by atoms with Gasteiger partial charge in [0, 0.05) is 11.9 Å². The summed E-state index contributed by atoms with van der Waals surface area (Å²) in [4.78, 5) is 29.3. The maximum atomic E-state index is 12.1. The number of imide groups is 1.